The standard InChI is InChI=1S/C20H18F2N2O2/c21-15-7-8-18(16(22)11-15)24-12-14(10-19(24)25)20(26)23-9-3-5-13-4-1-2-6-17(13)23/h1-2,4,6-8,11,14H,3,5,9-10,12H2. The zero-order valence-electron chi connectivity index (χ0n) is 14.1. The zero-order chi connectivity index (χ0) is 18.3. The molecule has 2 aromatic carbocycles. The Hall–Kier alpha value is -2.76. The fourth-order valence-electron chi connectivity index (χ4n) is 3.79. The summed E-state index contributed by atoms with van der Waals surface area (Å²) >= 11 is 0. The van der Waals surface area contributed by atoms with Crippen molar-refractivity contribution in [3.63, 3.8) is 0 Å². The molecule has 2 amide bonds. The van der Waals surface area contributed by atoms with Gasteiger partial charge in [0.05, 0.1) is 11.6 Å². The number of nitrogens with zero attached hydrogens (tertiary/aromatic N) is 2. The third kappa shape index (κ3) is 2.85. The van der Waals surface area contributed by atoms with Crippen LogP contribution in [0.25, 0.3) is 0 Å². The third-order valence-electron chi connectivity index (χ3n) is 5.05. The Morgan fingerprint density at radius 3 is 2.69 bits per heavy atom. The molecule has 0 N–H and O–H groups in total. The van der Waals surface area contributed by atoms with Gasteiger partial charge in [0, 0.05) is 31.3 Å². The summed E-state index contributed by atoms with van der Waals surface area (Å²) in [4.78, 5) is 28.3. The van der Waals surface area contributed by atoms with E-state index in [2.05, 4.69) is 0 Å². The van der Waals surface area contributed by atoms with Gasteiger partial charge < -0.3 is 9.80 Å². The first kappa shape index (κ1) is 16.7. The predicted molar refractivity (Wildman–Crippen MR) is 93.9 cm³/mol. The number of amides is 2. The molecule has 0 bridgehead atoms. The van der Waals surface area contributed by atoms with E-state index in [0.29, 0.717) is 6.54 Å². The SMILES string of the molecule is O=C1CC(C(=O)N2CCCc3ccccc32)CN1c1ccc(F)cc1F. The Bertz CT molecular complexity index is 884. The molecule has 1 fully saturated rings. The highest BCUT2D eigenvalue weighted by Crippen LogP contribution is 2.32. The van der Waals surface area contributed by atoms with E-state index >= 15 is 0 Å². The molecule has 2 heterocycles. The van der Waals surface area contributed by atoms with Crippen LogP contribution in [0, 0.1) is 17.6 Å². The predicted octanol–water partition coefficient (Wildman–Crippen LogP) is 3.30. The van der Waals surface area contributed by atoms with Crippen molar-refractivity contribution in [3.05, 3.63) is 59.7 Å². The lowest BCUT2D eigenvalue weighted by Crippen LogP contribution is -2.40. The van der Waals surface area contributed by atoms with Gasteiger partial charge in [0.1, 0.15) is 11.6 Å². The Balaban J connectivity index is 1.57. The molecule has 134 valence electrons. The summed E-state index contributed by atoms with van der Waals surface area (Å²) in [6.07, 6.45) is 1.84. The normalized spacial score (nSPS) is 19.6. The molecule has 1 saturated heterocycles. The van der Waals surface area contributed by atoms with E-state index in [1.54, 1.807) is 4.90 Å². The number of benzene rings is 2. The first-order chi connectivity index (χ1) is 12.5. The molecule has 2 aromatic rings. The highest BCUT2D eigenvalue weighted by molar-refractivity contribution is 6.04. The molecule has 26 heavy (non-hydrogen) atoms. The van der Waals surface area contributed by atoms with Crippen molar-refractivity contribution in [1.82, 2.24) is 0 Å². The van der Waals surface area contributed by atoms with Gasteiger partial charge in [0.25, 0.3) is 0 Å². The van der Waals surface area contributed by atoms with Gasteiger partial charge in [-0.1, -0.05) is 18.2 Å². The second-order valence-electron chi connectivity index (χ2n) is 6.72. The average Bonchev–Trinajstić information content (AvgIpc) is 3.02. The number of hydrogen-bond donors (Lipinski definition) is 0. The summed E-state index contributed by atoms with van der Waals surface area (Å²) in [6, 6.07) is 10.9. The van der Waals surface area contributed by atoms with Crippen molar-refractivity contribution in [2.45, 2.75) is 19.3 Å². The van der Waals surface area contributed by atoms with Crippen LogP contribution >= 0.6 is 0 Å². The Morgan fingerprint density at radius 2 is 1.88 bits per heavy atom. The quantitative estimate of drug-likeness (QED) is 0.828. The molecule has 2 aliphatic heterocycles. The third-order valence-corrected chi connectivity index (χ3v) is 5.05. The molecule has 6 heteroatoms. The summed E-state index contributed by atoms with van der Waals surface area (Å²) in [7, 11) is 0. The van der Waals surface area contributed by atoms with Crippen molar-refractivity contribution in [3.8, 4) is 0 Å². The van der Waals surface area contributed by atoms with Gasteiger partial charge in [0.15, 0.2) is 0 Å². The number of anilines is 2. The maximum Gasteiger partial charge on any atom is 0.232 e. The largest absolute Gasteiger partial charge is 0.312 e. The van der Waals surface area contributed by atoms with Crippen molar-refractivity contribution in [2.24, 2.45) is 5.92 Å². The molecule has 0 aromatic heterocycles. The Morgan fingerprint density at radius 1 is 1.08 bits per heavy atom. The fraction of sp³-hybridized carbons (Fsp3) is 0.300. The van der Waals surface area contributed by atoms with Crippen LogP contribution in [0.4, 0.5) is 20.2 Å². The van der Waals surface area contributed by atoms with Crippen LogP contribution in [0.5, 0.6) is 0 Å². The highest BCUT2D eigenvalue weighted by Gasteiger charge is 2.39. The second-order valence-corrected chi connectivity index (χ2v) is 6.72. The number of carbonyl (C=O) groups excluding carboxylic acids is 2. The summed E-state index contributed by atoms with van der Waals surface area (Å²) in [5.74, 6) is -2.46. The van der Waals surface area contributed by atoms with Gasteiger partial charge >= 0.3 is 0 Å². The number of hydrogen-bond acceptors (Lipinski definition) is 2. The van der Waals surface area contributed by atoms with Gasteiger partial charge in [-0.15, -0.1) is 0 Å². The van der Waals surface area contributed by atoms with Crippen molar-refractivity contribution in [1.29, 1.82) is 0 Å². The topological polar surface area (TPSA) is 40.6 Å². The van der Waals surface area contributed by atoms with Gasteiger partial charge in [-0.2, -0.15) is 0 Å². The Kier molecular flexibility index (Phi) is 4.18. The first-order valence-corrected chi connectivity index (χ1v) is 8.69. The maximum atomic E-state index is 14.0. The molecule has 0 spiro atoms. The van der Waals surface area contributed by atoms with E-state index in [0.717, 1.165) is 36.2 Å². The molecule has 1 unspecified atom stereocenters. The van der Waals surface area contributed by atoms with Crippen LogP contribution in [0.1, 0.15) is 18.4 Å². The van der Waals surface area contributed by atoms with E-state index in [4.69, 9.17) is 0 Å². The first-order valence-electron chi connectivity index (χ1n) is 8.69. The smallest absolute Gasteiger partial charge is 0.232 e. The number of halogens is 2. The molecule has 1 atom stereocenters. The van der Waals surface area contributed by atoms with E-state index in [9.17, 15) is 18.4 Å². The van der Waals surface area contributed by atoms with Crippen LogP contribution < -0.4 is 9.80 Å². The lowest BCUT2D eigenvalue weighted by Gasteiger charge is -2.31. The van der Waals surface area contributed by atoms with Crippen LogP contribution in [0.2, 0.25) is 0 Å². The number of rotatable bonds is 2. The van der Waals surface area contributed by atoms with E-state index < -0.39 is 17.6 Å². The summed E-state index contributed by atoms with van der Waals surface area (Å²) < 4.78 is 27.1. The minimum absolute atomic E-state index is 0.0192. The Labute approximate surface area is 150 Å². The lowest BCUT2D eigenvalue weighted by atomic mass is 9.99. The minimum atomic E-state index is -0.797. The van der Waals surface area contributed by atoms with Gasteiger partial charge in [-0.05, 0) is 36.6 Å². The van der Waals surface area contributed by atoms with Crippen LogP contribution in [-0.4, -0.2) is 24.9 Å². The molecule has 0 radical (unpaired) electrons. The summed E-state index contributed by atoms with van der Waals surface area (Å²) in [5.41, 5.74) is 2.03. The van der Waals surface area contributed by atoms with Crippen molar-refractivity contribution >= 4 is 23.2 Å². The second kappa shape index (κ2) is 6.52. The number of carbonyl (C=O) groups is 2. The molecular formula is C20H18F2N2O2. The highest BCUT2D eigenvalue weighted by atomic mass is 19.1. The van der Waals surface area contributed by atoms with Crippen LogP contribution in [-0.2, 0) is 16.0 Å². The van der Waals surface area contributed by atoms with E-state index in [1.165, 1.54) is 11.0 Å². The number of aryl methyl sites for hydroxylation is 1. The molecule has 0 saturated carbocycles. The average molecular weight is 356 g/mol. The number of fused-ring (bicyclic) bond motifs is 1. The van der Waals surface area contributed by atoms with Crippen LogP contribution in [0.3, 0.4) is 0 Å². The molecular weight excluding hydrogens is 338 g/mol. The fourth-order valence-corrected chi connectivity index (χ4v) is 3.79. The van der Waals surface area contributed by atoms with Gasteiger partial charge in [-0.25, -0.2) is 8.78 Å². The van der Waals surface area contributed by atoms with Crippen LogP contribution in [0.15, 0.2) is 42.5 Å². The minimum Gasteiger partial charge on any atom is -0.312 e. The monoisotopic (exact) mass is 356 g/mol. The molecule has 4 rings (SSSR count). The van der Waals surface area contributed by atoms with E-state index in [1.807, 2.05) is 24.3 Å². The summed E-state index contributed by atoms with van der Waals surface area (Å²) in [5, 5.41) is 0. The molecule has 4 nitrogen and oxygen atoms in total. The zero-order valence-corrected chi connectivity index (χ0v) is 14.1. The van der Waals surface area contributed by atoms with Gasteiger partial charge in [-0.3, -0.25) is 9.59 Å². The summed E-state index contributed by atoms with van der Waals surface area (Å²) in [6.45, 7) is 0.727. The maximum absolute atomic E-state index is 14.0. The number of para-hydroxylation sites is 1. The van der Waals surface area contributed by atoms with Gasteiger partial charge in [0.2, 0.25) is 11.8 Å². The van der Waals surface area contributed by atoms with Crippen molar-refractivity contribution in [2.75, 3.05) is 22.9 Å². The molecule has 2 aliphatic rings. The molecule has 0 aliphatic carbocycles. The lowest BCUT2D eigenvalue weighted by molar-refractivity contribution is -0.124. The van der Waals surface area contributed by atoms with Crippen molar-refractivity contribution < 1.29 is 18.4 Å². The van der Waals surface area contributed by atoms with E-state index in [-0.39, 0.29) is 30.5 Å².